The second-order valence-electron chi connectivity index (χ2n) is 5.30. The van der Waals surface area contributed by atoms with E-state index in [2.05, 4.69) is 24.5 Å². The molecule has 124 valence electrons. The van der Waals surface area contributed by atoms with Crippen molar-refractivity contribution in [2.24, 2.45) is 0 Å². The average Bonchev–Trinajstić information content (AvgIpc) is 2.51. The number of methoxy groups -OCH3 is 1. The predicted molar refractivity (Wildman–Crippen MR) is 88.4 cm³/mol. The molecule has 0 radical (unpaired) electrons. The van der Waals surface area contributed by atoms with Gasteiger partial charge in [0.05, 0.1) is 7.11 Å². The second-order valence-corrected chi connectivity index (χ2v) is 5.30. The number of benzene rings is 1. The van der Waals surface area contributed by atoms with E-state index in [0.29, 0.717) is 24.1 Å². The first-order valence-electron chi connectivity index (χ1n) is 7.90. The molecule has 1 aromatic carbocycles. The average molecular weight is 308 g/mol. The third-order valence-electron chi connectivity index (χ3n) is 3.34. The van der Waals surface area contributed by atoms with Gasteiger partial charge in [0.25, 0.3) is 5.91 Å². The van der Waals surface area contributed by atoms with Crippen LogP contribution in [0.25, 0.3) is 0 Å². The van der Waals surface area contributed by atoms with Crippen LogP contribution >= 0.6 is 0 Å². The zero-order valence-corrected chi connectivity index (χ0v) is 14.1. The van der Waals surface area contributed by atoms with E-state index in [1.54, 1.807) is 7.11 Å². The van der Waals surface area contributed by atoms with Crippen molar-refractivity contribution in [2.75, 3.05) is 20.3 Å². The summed E-state index contributed by atoms with van der Waals surface area (Å²) < 4.78 is 10.9. The number of ether oxygens (including phenoxy) is 2. The van der Waals surface area contributed by atoms with Gasteiger partial charge < -0.3 is 20.1 Å². The van der Waals surface area contributed by atoms with Crippen LogP contribution in [0.15, 0.2) is 18.2 Å². The summed E-state index contributed by atoms with van der Waals surface area (Å²) in [6.45, 7) is 7.62. The molecule has 5 heteroatoms. The number of hydrogen-bond donors (Lipinski definition) is 2. The van der Waals surface area contributed by atoms with Crippen molar-refractivity contribution in [3.8, 4) is 11.5 Å². The Morgan fingerprint density at radius 2 is 2.05 bits per heavy atom. The number of hydrogen-bond acceptors (Lipinski definition) is 4. The van der Waals surface area contributed by atoms with Crippen LogP contribution in [0.5, 0.6) is 11.5 Å². The van der Waals surface area contributed by atoms with Crippen LogP contribution in [0.3, 0.4) is 0 Å². The summed E-state index contributed by atoms with van der Waals surface area (Å²) in [5.41, 5.74) is 1.13. The summed E-state index contributed by atoms with van der Waals surface area (Å²) in [5.74, 6) is 1.09. The molecule has 22 heavy (non-hydrogen) atoms. The first-order chi connectivity index (χ1) is 10.6. The molecule has 0 heterocycles. The van der Waals surface area contributed by atoms with Crippen LogP contribution in [0.4, 0.5) is 0 Å². The Labute approximate surface area is 133 Å². The zero-order chi connectivity index (χ0) is 16.4. The molecule has 0 aromatic heterocycles. The molecule has 0 unspecified atom stereocenters. The summed E-state index contributed by atoms with van der Waals surface area (Å²) in [5, 5.41) is 6.17. The highest BCUT2D eigenvalue weighted by atomic mass is 16.5. The predicted octanol–water partition coefficient (Wildman–Crippen LogP) is 2.49. The van der Waals surface area contributed by atoms with E-state index in [1.165, 1.54) is 6.42 Å². The SMILES string of the molecule is CCC[C@@H](C)NCc1ccc(OCC(=O)NCC)c(OC)c1. The molecular formula is C17H28N2O3. The van der Waals surface area contributed by atoms with E-state index < -0.39 is 0 Å². The van der Waals surface area contributed by atoms with Crippen LogP contribution < -0.4 is 20.1 Å². The summed E-state index contributed by atoms with van der Waals surface area (Å²) in [7, 11) is 1.60. The number of nitrogens with one attached hydrogen (secondary N) is 2. The van der Waals surface area contributed by atoms with Crippen LogP contribution in [0.1, 0.15) is 39.2 Å². The zero-order valence-electron chi connectivity index (χ0n) is 14.1. The Hall–Kier alpha value is -1.75. The lowest BCUT2D eigenvalue weighted by Crippen LogP contribution is -2.28. The lowest BCUT2D eigenvalue weighted by atomic mass is 10.1. The number of carbonyl (C=O) groups is 1. The van der Waals surface area contributed by atoms with Crippen molar-refractivity contribution in [3.63, 3.8) is 0 Å². The Morgan fingerprint density at radius 3 is 2.68 bits per heavy atom. The minimum atomic E-state index is -0.135. The quantitative estimate of drug-likeness (QED) is 0.697. The maximum atomic E-state index is 11.4. The normalized spacial score (nSPS) is 11.8. The Kier molecular flexibility index (Phi) is 8.36. The number of likely N-dealkylation sites (N-methyl/N-ethyl adjacent to an activating group) is 1. The van der Waals surface area contributed by atoms with Gasteiger partial charge in [0.2, 0.25) is 0 Å². The molecule has 0 spiro atoms. The van der Waals surface area contributed by atoms with Gasteiger partial charge in [-0.1, -0.05) is 19.4 Å². The maximum Gasteiger partial charge on any atom is 0.257 e. The summed E-state index contributed by atoms with van der Waals surface area (Å²) in [6, 6.07) is 6.27. The van der Waals surface area contributed by atoms with E-state index in [1.807, 2.05) is 25.1 Å². The van der Waals surface area contributed by atoms with Crippen molar-refractivity contribution in [2.45, 2.75) is 46.2 Å². The van der Waals surface area contributed by atoms with Crippen LogP contribution in [-0.4, -0.2) is 32.2 Å². The molecule has 1 amide bonds. The monoisotopic (exact) mass is 308 g/mol. The van der Waals surface area contributed by atoms with E-state index in [-0.39, 0.29) is 12.5 Å². The molecule has 2 N–H and O–H groups in total. The minimum absolute atomic E-state index is 0.00463. The molecule has 1 atom stereocenters. The van der Waals surface area contributed by atoms with Gasteiger partial charge in [0.15, 0.2) is 18.1 Å². The Balaban J connectivity index is 2.60. The van der Waals surface area contributed by atoms with Crippen molar-refractivity contribution in [1.29, 1.82) is 0 Å². The standard InChI is InChI=1S/C17H28N2O3/c1-5-7-13(3)19-11-14-8-9-15(16(10-14)21-4)22-12-17(20)18-6-2/h8-10,13,19H,5-7,11-12H2,1-4H3,(H,18,20)/t13-/m1/s1. The summed E-state index contributed by atoms with van der Waals surface area (Å²) in [6.07, 6.45) is 2.33. The fourth-order valence-corrected chi connectivity index (χ4v) is 2.16. The van der Waals surface area contributed by atoms with E-state index in [4.69, 9.17) is 9.47 Å². The highest BCUT2D eigenvalue weighted by molar-refractivity contribution is 5.77. The van der Waals surface area contributed by atoms with E-state index in [0.717, 1.165) is 18.5 Å². The third kappa shape index (κ3) is 6.35. The van der Waals surface area contributed by atoms with Crippen LogP contribution in [-0.2, 0) is 11.3 Å². The lowest BCUT2D eigenvalue weighted by molar-refractivity contribution is -0.123. The lowest BCUT2D eigenvalue weighted by Gasteiger charge is -2.15. The van der Waals surface area contributed by atoms with Crippen molar-refractivity contribution < 1.29 is 14.3 Å². The molecule has 0 saturated carbocycles. The second kappa shape index (κ2) is 10.1. The number of amides is 1. The van der Waals surface area contributed by atoms with Crippen molar-refractivity contribution in [3.05, 3.63) is 23.8 Å². The van der Waals surface area contributed by atoms with E-state index >= 15 is 0 Å². The van der Waals surface area contributed by atoms with Gasteiger partial charge in [0.1, 0.15) is 0 Å². The van der Waals surface area contributed by atoms with Gasteiger partial charge in [0, 0.05) is 19.1 Å². The fourth-order valence-electron chi connectivity index (χ4n) is 2.16. The smallest absolute Gasteiger partial charge is 0.257 e. The van der Waals surface area contributed by atoms with Gasteiger partial charge in [-0.25, -0.2) is 0 Å². The molecule has 0 aliphatic rings. The van der Waals surface area contributed by atoms with Crippen molar-refractivity contribution in [1.82, 2.24) is 10.6 Å². The third-order valence-corrected chi connectivity index (χ3v) is 3.34. The van der Waals surface area contributed by atoms with Crippen molar-refractivity contribution >= 4 is 5.91 Å². The number of carbonyl (C=O) groups excluding carboxylic acids is 1. The molecule has 1 rings (SSSR count). The molecule has 0 fully saturated rings. The highest BCUT2D eigenvalue weighted by Gasteiger charge is 2.09. The van der Waals surface area contributed by atoms with Gasteiger partial charge in [-0.05, 0) is 38.0 Å². The molecule has 0 bridgehead atoms. The number of rotatable bonds is 10. The highest BCUT2D eigenvalue weighted by Crippen LogP contribution is 2.28. The van der Waals surface area contributed by atoms with E-state index in [9.17, 15) is 4.79 Å². The van der Waals surface area contributed by atoms with Gasteiger partial charge >= 0.3 is 0 Å². The van der Waals surface area contributed by atoms with Gasteiger partial charge in [-0.15, -0.1) is 0 Å². The Morgan fingerprint density at radius 1 is 1.27 bits per heavy atom. The van der Waals surface area contributed by atoms with Crippen LogP contribution in [0, 0.1) is 0 Å². The molecule has 0 aliphatic heterocycles. The summed E-state index contributed by atoms with van der Waals surface area (Å²) >= 11 is 0. The van der Waals surface area contributed by atoms with Gasteiger partial charge in [-0.2, -0.15) is 0 Å². The topological polar surface area (TPSA) is 59.6 Å². The maximum absolute atomic E-state index is 11.4. The Bertz CT molecular complexity index is 463. The molecule has 0 saturated heterocycles. The van der Waals surface area contributed by atoms with Gasteiger partial charge in [-0.3, -0.25) is 4.79 Å². The van der Waals surface area contributed by atoms with Crippen LogP contribution in [0.2, 0.25) is 0 Å². The molecule has 5 nitrogen and oxygen atoms in total. The first kappa shape index (κ1) is 18.3. The fraction of sp³-hybridized carbons (Fsp3) is 0.588. The summed E-state index contributed by atoms with van der Waals surface area (Å²) in [4.78, 5) is 11.4. The first-order valence-corrected chi connectivity index (χ1v) is 7.90. The minimum Gasteiger partial charge on any atom is -0.493 e. The molecule has 1 aromatic rings. The molecule has 0 aliphatic carbocycles. The molecular weight excluding hydrogens is 280 g/mol. The largest absolute Gasteiger partial charge is 0.493 e.